The van der Waals surface area contributed by atoms with Crippen LogP contribution in [0.5, 0.6) is 0 Å². The number of nitriles is 1. The molecule has 0 saturated heterocycles. The van der Waals surface area contributed by atoms with Crippen molar-refractivity contribution in [2.75, 3.05) is 0 Å². The van der Waals surface area contributed by atoms with Crippen molar-refractivity contribution >= 4 is 50.3 Å². The number of aldehydes is 1. The molecule has 0 fully saturated rings. The summed E-state index contributed by atoms with van der Waals surface area (Å²) in [6.45, 7) is 0. The molecule has 1 aromatic heterocycles. The van der Waals surface area contributed by atoms with Crippen molar-refractivity contribution in [3.05, 3.63) is 32.2 Å². The molecule has 68 valence electrons. The van der Waals surface area contributed by atoms with Crippen LogP contribution in [0.1, 0.15) is 15.9 Å². The van der Waals surface area contributed by atoms with E-state index in [1.807, 2.05) is 12.1 Å². The average Bonchev–Trinajstić information content (AvgIpc) is 2.54. The first-order valence-corrected chi connectivity index (χ1v) is 5.72. The van der Waals surface area contributed by atoms with Gasteiger partial charge in [-0.05, 0) is 46.2 Å². The van der Waals surface area contributed by atoms with Crippen LogP contribution in [0.15, 0.2) is 18.2 Å². The second-order valence-corrected chi connectivity index (χ2v) is 5.74. The largest absolute Gasteiger partial charge is 0.298 e. The highest BCUT2D eigenvalue weighted by Gasteiger charge is 2.06. The molecule has 0 bridgehead atoms. The zero-order valence-corrected chi connectivity index (χ0v) is 9.93. The van der Waals surface area contributed by atoms with E-state index in [1.165, 1.54) is 0 Å². The standard InChI is InChI=1S/C10H4INOS/c11-10-3-6-1-7(4-12)8(5-13)2-9(6)14-10/h1-3,5H. The van der Waals surface area contributed by atoms with Crippen LogP contribution >= 0.6 is 33.9 Å². The molecule has 0 N–H and O–H groups in total. The van der Waals surface area contributed by atoms with Crippen molar-refractivity contribution in [1.29, 1.82) is 5.26 Å². The second kappa shape index (κ2) is 3.67. The van der Waals surface area contributed by atoms with Crippen LogP contribution < -0.4 is 0 Å². The van der Waals surface area contributed by atoms with Gasteiger partial charge in [0.25, 0.3) is 0 Å². The number of carbonyl (C=O) groups excluding carboxylic acids is 1. The summed E-state index contributed by atoms with van der Waals surface area (Å²) in [5.41, 5.74) is 0.917. The van der Waals surface area contributed by atoms with Gasteiger partial charge >= 0.3 is 0 Å². The maximum absolute atomic E-state index is 10.7. The zero-order chi connectivity index (χ0) is 10.1. The summed E-state index contributed by atoms with van der Waals surface area (Å²) in [5.74, 6) is 0. The predicted octanol–water partition coefficient (Wildman–Crippen LogP) is 3.19. The van der Waals surface area contributed by atoms with Crippen LogP contribution in [0.3, 0.4) is 0 Å². The van der Waals surface area contributed by atoms with Gasteiger partial charge in [-0.1, -0.05) is 0 Å². The first-order valence-electron chi connectivity index (χ1n) is 3.83. The van der Waals surface area contributed by atoms with Crippen LogP contribution in [0, 0.1) is 14.2 Å². The molecule has 2 nitrogen and oxygen atoms in total. The molecule has 2 aromatic rings. The Bertz CT molecular complexity index is 553. The summed E-state index contributed by atoms with van der Waals surface area (Å²) in [6.07, 6.45) is 0.727. The number of thiophene rings is 1. The van der Waals surface area contributed by atoms with Crippen molar-refractivity contribution < 1.29 is 4.79 Å². The van der Waals surface area contributed by atoms with Gasteiger partial charge in [-0.15, -0.1) is 11.3 Å². The van der Waals surface area contributed by atoms with E-state index in [0.717, 1.165) is 19.3 Å². The normalized spacial score (nSPS) is 10.0. The van der Waals surface area contributed by atoms with Gasteiger partial charge in [-0.25, -0.2) is 0 Å². The van der Waals surface area contributed by atoms with E-state index in [2.05, 4.69) is 22.6 Å². The van der Waals surface area contributed by atoms with Crippen molar-refractivity contribution in [2.45, 2.75) is 0 Å². The average molecular weight is 313 g/mol. The van der Waals surface area contributed by atoms with Crippen LogP contribution in [-0.4, -0.2) is 6.29 Å². The summed E-state index contributed by atoms with van der Waals surface area (Å²) < 4.78 is 2.21. The number of fused-ring (bicyclic) bond motifs is 1. The lowest BCUT2D eigenvalue weighted by Crippen LogP contribution is -1.85. The van der Waals surface area contributed by atoms with Crippen molar-refractivity contribution in [1.82, 2.24) is 0 Å². The van der Waals surface area contributed by atoms with Crippen LogP contribution in [0.2, 0.25) is 0 Å². The van der Waals surface area contributed by atoms with Gasteiger partial charge in [0.05, 0.1) is 14.5 Å². The fourth-order valence-electron chi connectivity index (χ4n) is 1.26. The van der Waals surface area contributed by atoms with Gasteiger partial charge in [-0.3, -0.25) is 4.79 Å². The number of rotatable bonds is 1. The molecule has 1 aromatic carbocycles. The van der Waals surface area contributed by atoms with E-state index >= 15 is 0 Å². The Morgan fingerprint density at radius 1 is 1.43 bits per heavy atom. The molecule has 0 unspecified atom stereocenters. The van der Waals surface area contributed by atoms with Gasteiger partial charge in [0, 0.05) is 10.3 Å². The Morgan fingerprint density at radius 2 is 2.21 bits per heavy atom. The number of benzene rings is 1. The summed E-state index contributed by atoms with van der Waals surface area (Å²) in [5, 5.41) is 9.84. The van der Waals surface area contributed by atoms with E-state index < -0.39 is 0 Å². The lowest BCUT2D eigenvalue weighted by Gasteiger charge is -1.94. The van der Waals surface area contributed by atoms with Crippen molar-refractivity contribution in [2.24, 2.45) is 0 Å². The number of carbonyl (C=O) groups is 1. The fraction of sp³-hybridized carbons (Fsp3) is 0. The SMILES string of the molecule is N#Cc1cc2cc(I)sc2cc1C=O. The molecule has 0 radical (unpaired) electrons. The molecule has 0 aliphatic carbocycles. The molecule has 0 aliphatic rings. The third-order valence-electron chi connectivity index (χ3n) is 1.91. The van der Waals surface area contributed by atoms with E-state index in [-0.39, 0.29) is 0 Å². The van der Waals surface area contributed by atoms with Crippen molar-refractivity contribution in [3.8, 4) is 6.07 Å². The van der Waals surface area contributed by atoms with E-state index in [0.29, 0.717) is 11.1 Å². The molecular formula is C10H4INOS. The van der Waals surface area contributed by atoms with Gasteiger partial charge in [0.2, 0.25) is 0 Å². The number of hydrogen-bond donors (Lipinski definition) is 0. The van der Waals surface area contributed by atoms with Gasteiger partial charge in [0.15, 0.2) is 6.29 Å². The quantitative estimate of drug-likeness (QED) is 0.599. The molecule has 4 heteroatoms. The molecule has 0 aliphatic heterocycles. The molecular weight excluding hydrogens is 309 g/mol. The predicted molar refractivity (Wildman–Crippen MR) is 64.6 cm³/mol. The third kappa shape index (κ3) is 1.53. The Hall–Kier alpha value is -0.930. The first kappa shape index (κ1) is 9.62. The van der Waals surface area contributed by atoms with E-state index in [1.54, 1.807) is 23.5 Å². The molecule has 1 heterocycles. The van der Waals surface area contributed by atoms with Gasteiger partial charge in [0.1, 0.15) is 0 Å². The highest BCUT2D eigenvalue weighted by atomic mass is 127. The van der Waals surface area contributed by atoms with Gasteiger partial charge in [-0.2, -0.15) is 5.26 Å². The fourth-order valence-corrected chi connectivity index (χ4v) is 3.13. The second-order valence-electron chi connectivity index (χ2n) is 2.76. The number of halogens is 1. The van der Waals surface area contributed by atoms with Crippen LogP contribution in [0.4, 0.5) is 0 Å². The Morgan fingerprint density at radius 3 is 2.86 bits per heavy atom. The maximum atomic E-state index is 10.7. The molecule has 2 rings (SSSR count). The summed E-state index contributed by atoms with van der Waals surface area (Å²) >= 11 is 3.85. The Balaban J connectivity index is 2.82. The number of hydrogen-bond acceptors (Lipinski definition) is 3. The monoisotopic (exact) mass is 313 g/mol. The van der Waals surface area contributed by atoms with E-state index in [4.69, 9.17) is 5.26 Å². The lowest BCUT2D eigenvalue weighted by atomic mass is 10.1. The van der Waals surface area contributed by atoms with Crippen LogP contribution in [-0.2, 0) is 0 Å². The first-order chi connectivity index (χ1) is 6.74. The topological polar surface area (TPSA) is 40.9 Å². The summed E-state index contributed by atoms with van der Waals surface area (Å²) in [4.78, 5) is 10.7. The molecule has 0 spiro atoms. The smallest absolute Gasteiger partial charge is 0.151 e. The molecule has 14 heavy (non-hydrogen) atoms. The van der Waals surface area contributed by atoms with Crippen molar-refractivity contribution in [3.63, 3.8) is 0 Å². The maximum Gasteiger partial charge on any atom is 0.151 e. The highest BCUT2D eigenvalue weighted by Crippen LogP contribution is 2.28. The minimum Gasteiger partial charge on any atom is -0.298 e. The minimum atomic E-state index is 0.446. The molecule has 0 amide bonds. The Kier molecular flexibility index (Phi) is 2.52. The summed E-state index contributed by atoms with van der Waals surface area (Å²) in [7, 11) is 0. The summed E-state index contributed by atoms with van der Waals surface area (Å²) in [6, 6.07) is 7.56. The zero-order valence-electron chi connectivity index (χ0n) is 6.95. The van der Waals surface area contributed by atoms with Crippen LogP contribution in [0.25, 0.3) is 10.1 Å². The highest BCUT2D eigenvalue weighted by molar-refractivity contribution is 14.1. The third-order valence-corrected chi connectivity index (χ3v) is 3.76. The van der Waals surface area contributed by atoms with Gasteiger partial charge < -0.3 is 0 Å². The lowest BCUT2D eigenvalue weighted by molar-refractivity contribution is 0.112. The Labute approximate surface area is 98.3 Å². The molecule has 0 saturated carbocycles. The minimum absolute atomic E-state index is 0.446. The number of nitrogens with zero attached hydrogens (tertiary/aromatic N) is 1. The van der Waals surface area contributed by atoms with E-state index in [9.17, 15) is 4.79 Å². The molecule has 0 atom stereocenters.